The fraction of sp³-hybridized carbons (Fsp3) is 1.00. The Balaban J connectivity index is 2.72. The summed E-state index contributed by atoms with van der Waals surface area (Å²) >= 11 is 0. The third-order valence-corrected chi connectivity index (χ3v) is 1.80. The van der Waals surface area contributed by atoms with Gasteiger partial charge in [-0.15, -0.1) is 0 Å². The first-order chi connectivity index (χ1) is 3.77. The number of hydrogen-bond acceptors (Lipinski definition) is 2. The Hall–Kier alpha value is 0.137. The molecule has 0 bridgehead atoms. The van der Waals surface area contributed by atoms with E-state index in [0.29, 0.717) is 6.04 Å². The smallest absolute Gasteiger partial charge is 0.378 e. The summed E-state index contributed by atoms with van der Waals surface area (Å²) in [5.74, 6) is 0. The van der Waals surface area contributed by atoms with E-state index >= 15 is 0 Å². The maximum absolute atomic E-state index is 8.44. The normalized spacial score (nSPS) is 10.5. The van der Waals surface area contributed by atoms with Crippen LogP contribution in [0.4, 0.5) is 0 Å². The summed E-state index contributed by atoms with van der Waals surface area (Å²) in [4.78, 5) is 16.9. The van der Waals surface area contributed by atoms with Crippen molar-refractivity contribution in [1.29, 1.82) is 0 Å². The average molecular weight is 133 g/mol. The van der Waals surface area contributed by atoms with Crippen molar-refractivity contribution in [2.75, 3.05) is 0 Å². The third kappa shape index (κ3) is 6.14. The van der Waals surface area contributed by atoms with Gasteiger partial charge in [-0.25, -0.2) is 0 Å². The summed E-state index contributed by atoms with van der Waals surface area (Å²) in [5, 5.41) is 0. The predicted octanol–water partition coefficient (Wildman–Crippen LogP) is 0.649. The predicted molar refractivity (Wildman–Crippen MR) is 34.5 cm³/mol. The van der Waals surface area contributed by atoms with Crippen LogP contribution in [0.15, 0.2) is 0 Å². The van der Waals surface area contributed by atoms with E-state index in [1.807, 2.05) is 0 Å². The molecule has 0 aliphatic carbocycles. The molecule has 0 unspecified atom stereocenters. The van der Waals surface area contributed by atoms with Crippen molar-refractivity contribution < 1.29 is 9.59 Å². The van der Waals surface area contributed by atoms with Crippen LogP contribution >= 0.6 is 0 Å². The maximum atomic E-state index is 8.44. The van der Waals surface area contributed by atoms with Crippen molar-refractivity contribution in [3.05, 3.63) is 0 Å². The third-order valence-electron chi connectivity index (χ3n) is 1.00. The van der Waals surface area contributed by atoms with Gasteiger partial charge in [-0.2, -0.15) is 0 Å². The molecule has 2 nitrogen and oxygen atoms in total. The molecule has 0 saturated carbocycles. The van der Waals surface area contributed by atoms with Crippen LogP contribution in [0.5, 0.6) is 0 Å². The lowest BCUT2D eigenvalue weighted by atomic mass is 10.3. The molecule has 0 saturated heterocycles. The Bertz CT molecular complexity index is 47.7. The van der Waals surface area contributed by atoms with E-state index in [1.165, 1.54) is 0 Å². The number of hydrogen-bond donors (Lipinski definition) is 2. The van der Waals surface area contributed by atoms with Crippen molar-refractivity contribution in [2.45, 2.75) is 32.2 Å². The summed E-state index contributed by atoms with van der Waals surface area (Å²) in [5.41, 5.74) is 0. The van der Waals surface area contributed by atoms with E-state index in [-0.39, 0.29) is 0 Å². The Morgan fingerprint density at radius 3 is 2.25 bits per heavy atom. The molecule has 8 heavy (non-hydrogen) atoms. The van der Waals surface area contributed by atoms with Crippen LogP contribution in [0, 0.1) is 0 Å². The molecule has 0 rings (SSSR count). The van der Waals surface area contributed by atoms with Crippen LogP contribution in [-0.2, 0) is 0 Å². The largest absolute Gasteiger partial charge is 0.410 e. The monoisotopic (exact) mass is 133 g/mol. The molecule has 3 heteroatoms. The summed E-state index contributed by atoms with van der Waals surface area (Å²) in [6.45, 7) is 2.10. The molecule has 0 amide bonds. The molecule has 0 aromatic carbocycles. The van der Waals surface area contributed by atoms with Crippen molar-refractivity contribution in [2.24, 2.45) is 0 Å². The molecule has 0 fully saturated rings. The first-order valence-electron chi connectivity index (χ1n) is 3.01. The van der Waals surface area contributed by atoms with Gasteiger partial charge in [-0.3, -0.25) is 0 Å². The van der Waals surface area contributed by atoms with Crippen molar-refractivity contribution in [3.63, 3.8) is 0 Å². The first kappa shape index (κ1) is 8.14. The Morgan fingerprint density at radius 2 is 1.88 bits per heavy atom. The van der Waals surface area contributed by atoms with Gasteiger partial charge in [0.15, 0.2) is 0 Å². The highest BCUT2D eigenvalue weighted by Crippen LogP contribution is 1.99. The zero-order chi connectivity index (χ0) is 6.41. The van der Waals surface area contributed by atoms with Crippen LogP contribution in [-0.4, -0.2) is 18.9 Å². The van der Waals surface area contributed by atoms with Gasteiger partial charge in [0.1, 0.15) is 0 Å². The minimum atomic E-state index is -1.91. The lowest BCUT2D eigenvalue weighted by Crippen LogP contribution is -2.09. The summed E-state index contributed by atoms with van der Waals surface area (Å²) in [6, 6.07) is 0.624. The van der Waals surface area contributed by atoms with Crippen LogP contribution in [0.1, 0.15) is 26.2 Å². The lowest BCUT2D eigenvalue weighted by Gasteiger charge is -1.95. The van der Waals surface area contributed by atoms with Crippen molar-refractivity contribution >= 4 is 9.28 Å². The molecular formula is C5H13O2Si. The molecule has 0 aromatic heterocycles. The van der Waals surface area contributed by atoms with E-state index in [2.05, 4.69) is 6.92 Å². The quantitative estimate of drug-likeness (QED) is 0.436. The van der Waals surface area contributed by atoms with Crippen LogP contribution in [0.25, 0.3) is 0 Å². The zero-order valence-corrected chi connectivity index (χ0v) is 6.22. The summed E-state index contributed by atoms with van der Waals surface area (Å²) in [7, 11) is -1.91. The highest BCUT2D eigenvalue weighted by atomic mass is 28.3. The summed E-state index contributed by atoms with van der Waals surface area (Å²) in [6.07, 6.45) is 3.24. The van der Waals surface area contributed by atoms with Gasteiger partial charge in [-0.05, 0) is 6.04 Å². The standard InChI is InChI=1S/C5H13O2Si/c1-2-3-4-5-8(6)7/h6-7H,2-5H2,1H3. The van der Waals surface area contributed by atoms with Crippen molar-refractivity contribution in [1.82, 2.24) is 0 Å². The Kier molecular flexibility index (Phi) is 5.37. The molecule has 1 radical (unpaired) electrons. The topological polar surface area (TPSA) is 40.5 Å². The number of rotatable bonds is 4. The van der Waals surface area contributed by atoms with Crippen LogP contribution in [0.2, 0.25) is 6.04 Å². The van der Waals surface area contributed by atoms with E-state index in [4.69, 9.17) is 9.59 Å². The molecule has 0 atom stereocenters. The van der Waals surface area contributed by atoms with Gasteiger partial charge in [0, 0.05) is 0 Å². The minimum absolute atomic E-state index is 0.624. The second kappa shape index (κ2) is 5.28. The maximum Gasteiger partial charge on any atom is 0.378 e. The van der Waals surface area contributed by atoms with E-state index in [0.717, 1.165) is 19.3 Å². The zero-order valence-electron chi connectivity index (χ0n) is 5.22. The Morgan fingerprint density at radius 1 is 1.25 bits per heavy atom. The average Bonchev–Trinajstić information content (AvgIpc) is 1.66. The van der Waals surface area contributed by atoms with Crippen LogP contribution < -0.4 is 0 Å². The minimum Gasteiger partial charge on any atom is -0.410 e. The second-order valence-corrected chi connectivity index (χ2v) is 3.21. The summed E-state index contributed by atoms with van der Waals surface area (Å²) < 4.78 is 0. The van der Waals surface area contributed by atoms with Crippen molar-refractivity contribution in [3.8, 4) is 0 Å². The highest BCUT2D eigenvalue weighted by Gasteiger charge is 2.00. The SMILES string of the molecule is CCCCC[Si](O)O. The molecule has 2 N–H and O–H groups in total. The molecule has 0 heterocycles. The number of unbranched alkanes of at least 4 members (excludes halogenated alkanes) is 2. The van der Waals surface area contributed by atoms with Gasteiger partial charge in [0.2, 0.25) is 0 Å². The van der Waals surface area contributed by atoms with Gasteiger partial charge in [0.25, 0.3) is 0 Å². The second-order valence-electron chi connectivity index (χ2n) is 1.87. The van der Waals surface area contributed by atoms with E-state index < -0.39 is 9.28 Å². The Labute approximate surface area is 52.0 Å². The van der Waals surface area contributed by atoms with Crippen LogP contribution in [0.3, 0.4) is 0 Å². The van der Waals surface area contributed by atoms with Gasteiger partial charge in [-0.1, -0.05) is 26.2 Å². The first-order valence-corrected chi connectivity index (χ1v) is 4.61. The molecule has 0 aromatic rings. The van der Waals surface area contributed by atoms with E-state index in [9.17, 15) is 0 Å². The van der Waals surface area contributed by atoms with E-state index in [1.54, 1.807) is 0 Å². The fourth-order valence-electron chi connectivity index (χ4n) is 0.533. The molecule has 0 aliphatic rings. The van der Waals surface area contributed by atoms with Gasteiger partial charge >= 0.3 is 9.28 Å². The fourth-order valence-corrected chi connectivity index (χ4v) is 1.10. The molecule has 0 aliphatic heterocycles. The highest BCUT2D eigenvalue weighted by molar-refractivity contribution is 6.40. The van der Waals surface area contributed by atoms with Gasteiger partial charge in [0.05, 0.1) is 0 Å². The molecule has 49 valence electrons. The molecule has 0 spiro atoms. The molecular weight excluding hydrogens is 120 g/mol. The van der Waals surface area contributed by atoms with Gasteiger partial charge < -0.3 is 9.59 Å². The lowest BCUT2D eigenvalue weighted by molar-refractivity contribution is 0.402.